The van der Waals surface area contributed by atoms with Gasteiger partial charge in [0.1, 0.15) is 6.33 Å². The van der Waals surface area contributed by atoms with Crippen LogP contribution in [0, 0.1) is 0 Å². The number of hydrogen-bond acceptors (Lipinski definition) is 5. The number of anilines is 1. The van der Waals surface area contributed by atoms with Gasteiger partial charge in [-0.25, -0.2) is 4.98 Å². The summed E-state index contributed by atoms with van der Waals surface area (Å²) in [6, 6.07) is 2.21. The maximum Gasteiger partial charge on any atom is 0.202 e. The first-order chi connectivity index (χ1) is 6.84. The molecule has 0 fully saturated rings. The van der Waals surface area contributed by atoms with Crippen molar-refractivity contribution in [2.45, 2.75) is 19.5 Å². The lowest BCUT2D eigenvalue weighted by Crippen LogP contribution is -2.22. The molecular formula is C8H11N5S. The first-order valence-corrected chi connectivity index (χ1v) is 5.12. The maximum absolute atomic E-state index is 4.13. The van der Waals surface area contributed by atoms with E-state index in [2.05, 4.69) is 26.7 Å². The molecule has 0 radical (unpaired) electrons. The number of nitrogens with one attached hydrogen (secondary N) is 1. The summed E-state index contributed by atoms with van der Waals surface area (Å²) >= 11 is 1.36. The number of hydrogen-bond donors (Lipinski definition) is 1. The van der Waals surface area contributed by atoms with Gasteiger partial charge >= 0.3 is 0 Å². The predicted molar refractivity (Wildman–Crippen MR) is 55.2 cm³/mol. The number of rotatable bonds is 4. The first-order valence-electron chi connectivity index (χ1n) is 4.35. The molecule has 0 aliphatic rings. The molecule has 1 N–H and O–H groups in total. The van der Waals surface area contributed by atoms with Crippen LogP contribution in [0.5, 0.6) is 0 Å². The van der Waals surface area contributed by atoms with E-state index < -0.39 is 0 Å². The molecule has 0 aromatic carbocycles. The van der Waals surface area contributed by atoms with Crippen molar-refractivity contribution in [3.05, 3.63) is 24.8 Å². The van der Waals surface area contributed by atoms with Gasteiger partial charge < -0.3 is 5.32 Å². The third kappa shape index (κ3) is 2.29. The van der Waals surface area contributed by atoms with Gasteiger partial charge in [-0.2, -0.15) is 9.47 Å². The van der Waals surface area contributed by atoms with Crippen LogP contribution in [0.4, 0.5) is 5.13 Å². The summed E-state index contributed by atoms with van der Waals surface area (Å²) in [4.78, 5) is 4.05. The van der Waals surface area contributed by atoms with E-state index in [-0.39, 0.29) is 0 Å². The topological polar surface area (TPSA) is 55.6 Å². The van der Waals surface area contributed by atoms with Gasteiger partial charge in [-0.3, -0.25) is 4.68 Å². The lowest BCUT2D eigenvalue weighted by Gasteiger charge is -2.11. The Kier molecular flexibility index (Phi) is 2.73. The summed E-state index contributed by atoms with van der Waals surface area (Å²) in [5, 5.41) is 8.23. The van der Waals surface area contributed by atoms with E-state index in [1.807, 2.05) is 16.9 Å². The molecule has 74 valence electrons. The highest BCUT2D eigenvalue weighted by Gasteiger charge is 2.04. The van der Waals surface area contributed by atoms with E-state index in [0.717, 1.165) is 11.7 Å². The second-order valence-corrected chi connectivity index (χ2v) is 3.80. The van der Waals surface area contributed by atoms with Crippen molar-refractivity contribution < 1.29 is 0 Å². The van der Waals surface area contributed by atoms with Crippen molar-refractivity contribution in [3.8, 4) is 0 Å². The van der Waals surface area contributed by atoms with Crippen LogP contribution in [0.3, 0.4) is 0 Å². The smallest absolute Gasteiger partial charge is 0.202 e. The normalized spacial score (nSPS) is 12.6. The Morgan fingerprint density at radius 1 is 1.64 bits per heavy atom. The van der Waals surface area contributed by atoms with Crippen molar-refractivity contribution >= 4 is 16.7 Å². The molecule has 5 nitrogen and oxygen atoms in total. The maximum atomic E-state index is 4.13. The minimum atomic E-state index is 0.294. The van der Waals surface area contributed by atoms with Crippen molar-refractivity contribution in [2.24, 2.45) is 0 Å². The Morgan fingerprint density at radius 3 is 3.21 bits per heavy atom. The zero-order valence-corrected chi connectivity index (χ0v) is 8.61. The Hall–Kier alpha value is -1.43. The van der Waals surface area contributed by atoms with Crippen molar-refractivity contribution in [1.82, 2.24) is 19.1 Å². The van der Waals surface area contributed by atoms with Crippen LogP contribution >= 0.6 is 11.5 Å². The second kappa shape index (κ2) is 4.19. The SMILES string of the molecule is CC(Cn1cccn1)Nc1ncns1. The van der Waals surface area contributed by atoms with E-state index in [1.165, 1.54) is 11.5 Å². The fourth-order valence-corrected chi connectivity index (χ4v) is 1.72. The minimum Gasteiger partial charge on any atom is -0.356 e. The molecule has 0 bridgehead atoms. The zero-order valence-electron chi connectivity index (χ0n) is 7.79. The molecule has 0 amide bonds. The molecule has 1 atom stereocenters. The Labute approximate surface area is 86.0 Å². The third-order valence-corrected chi connectivity index (χ3v) is 2.35. The van der Waals surface area contributed by atoms with E-state index in [9.17, 15) is 0 Å². The summed E-state index contributed by atoms with van der Waals surface area (Å²) in [7, 11) is 0. The lowest BCUT2D eigenvalue weighted by atomic mass is 10.3. The molecule has 0 spiro atoms. The summed E-state index contributed by atoms with van der Waals surface area (Å²) in [5.74, 6) is 0. The van der Waals surface area contributed by atoms with Gasteiger partial charge in [0.25, 0.3) is 0 Å². The second-order valence-electron chi connectivity index (χ2n) is 3.02. The van der Waals surface area contributed by atoms with Crippen LogP contribution in [0.2, 0.25) is 0 Å². The van der Waals surface area contributed by atoms with Crippen LogP contribution in [0.15, 0.2) is 24.8 Å². The van der Waals surface area contributed by atoms with E-state index in [1.54, 1.807) is 12.5 Å². The average molecular weight is 209 g/mol. The summed E-state index contributed by atoms with van der Waals surface area (Å²) in [6.45, 7) is 2.91. The quantitative estimate of drug-likeness (QED) is 0.823. The summed E-state index contributed by atoms with van der Waals surface area (Å²) in [5.41, 5.74) is 0. The van der Waals surface area contributed by atoms with Crippen molar-refractivity contribution in [3.63, 3.8) is 0 Å². The highest BCUT2D eigenvalue weighted by molar-refractivity contribution is 7.09. The van der Waals surface area contributed by atoms with E-state index >= 15 is 0 Å². The Morgan fingerprint density at radius 2 is 2.57 bits per heavy atom. The highest BCUT2D eigenvalue weighted by atomic mass is 32.1. The Balaban J connectivity index is 1.88. The molecular weight excluding hydrogens is 198 g/mol. The fraction of sp³-hybridized carbons (Fsp3) is 0.375. The highest BCUT2D eigenvalue weighted by Crippen LogP contribution is 2.08. The molecule has 2 aromatic rings. The van der Waals surface area contributed by atoms with Crippen molar-refractivity contribution in [2.75, 3.05) is 5.32 Å². The van der Waals surface area contributed by atoms with E-state index in [4.69, 9.17) is 0 Å². The van der Waals surface area contributed by atoms with Crippen molar-refractivity contribution in [1.29, 1.82) is 0 Å². The molecule has 2 rings (SSSR count). The van der Waals surface area contributed by atoms with Gasteiger partial charge in [0, 0.05) is 30.0 Å². The number of aromatic nitrogens is 4. The minimum absolute atomic E-state index is 0.294. The van der Waals surface area contributed by atoms with Gasteiger partial charge in [0.2, 0.25) is 5.13 Å². The molecule has 14 heavy (non-hydrogen) atoms. The molecule has 0 aliphatic carbocycles. The van der Waals surface area contributed by atoms with Crippen LogP contribution in [-0.2, 0) is 6.54 Å². The van der Waals surface area contributed by atoms with Crippen LogP contribution in [0.1, 0.15) is 6.92 Å². The third-order valence-electron chi connectivity index (χ3n) is 1.75. The molecule has 0 saturated heterocycles. The molecule has 2 heterocycles. The molecule has 0 saturated carbocycles. The van der Waals surface area contributed by atoms with Gasteiger partial charge in [0.05, 0.1) is 6.54 Å². The van der Waals surface area contributed by atoms with E-state index in [0.29, 0.717) is 6.04 Å². The molecule has 2 aromatic heterocycles. The van der Waals surface area contributed by atoms with Crippen LogP contribution < -0.4 is 5.32 Å². The van der Waals surface area contributed by atoms with Gasteiger partial charge in [-0.05, 0) is 13.0 Å². The fourth-order valence-electron chi connectivity index (χ4n) is 1.18. The predicted octanol–water partition coefficient (Wildman–Crippen LogP) is 1.24. The number of nitrogens with zero attached hydrogens (tertiary/aromatic N) is 4. The van der Waals surface area contributed by atoms with Gasteiger partial charge in [0.15, 0.2) is 0 Å². The molecule has 1 unspecified atom stereocenters. The lowest BCUT2D eigenvalue weighted by molar-refractivity contribution is 0.560. The summed E-state index contributed by atoms with van der Waals surface area (Å²) < 4.78 is 5.81. The monoisotopic (exact) mass is 209 g/mol. The zero-order chi connectivity index (χ0) is 9.80. The van der Waals surface area contributed by atoms with Crippen LogP contribution in [0.25, 0.3) is 0 Å². The largest absolute Gasteiger partial charge is 0.356 e. The standard InChI is InChI=1S/C8H11N5S/c1-7(5-13-4-2-3-10-13)12-8-9-6-11-14-8/h2-4,6-7H,5H2,1H3,(H,9,11,12). The summed E-state index contributed by atoms with van der Waals surface area (Å²) in [6.07, 6.45) is 5.27. The molecule has 6 heteroatoms. The first kappa shape index (κ1) is 9.14. The Bertz CT molecular complexity index is 319. The average Bonchev–Trinajstić information content (AvgIpc) is 2.76. The molecule has 0 aliphatic heterocycles. The van der Waals surface area contributed by atoms with Crippen LogP contribution in [-0.4, -0.2) is 25.2 Å². The van der Waals surface area contributed by atoms with Gasteiger partial charge in [-0.1, -0.05) is 0 Å². The van der Waals surface area contributed by atoms with Gasteiger partial charge in [-0.15, -0.1) is 0 Å².